The van der Waals surface area contributed by atoms with Gasteiger partial charge in [-0.25, -0.2) is 4.79 Å². The largest absolute Gasteiger partial charge is 0.477 e. The molecule has 25 heavy (non-hydrogen) atoms. The Kier molecular flexibility index (Phi) is 3.67. The highest BCUT2D eigenvalue weighted by atomic mass is 16.7. The molecule has 0 aromatic heterocycles. The third-order valence-corrected chi connectivity index (χ3v) is 5.04. The number of carbonyl (C=O) groups excluding carboxylic acids is 1. The highest BCUT2D eigenvalue weighted by Gasteiger charge is 2.44. The molecule has 0 unspecified atom stereocenters. The van der Waals surface area contributed by atoms with Crippen molar-refractivity contribution < 1.29 is 19.5 Å². The van der Waals surface area contributed by atoms with Gasteiger partial charge in [-0.1, -0.05) is 35.5 Å². The number of fused-ring (bicyclic) bond motifs is 1. The first-order chi connectivity index (χ1) is 12.1. The van der Waals surface area contributed by atoms with Gasteiger partial charge in [-0.2, -0.15) is 0 Å². The molecule has 1 spiro atoms. The summed E-state index contributed by atoms with van der Waals surface area (Å²) in [5.41, 5.74) is 0.173. The van der Waals surface area contributed by atoms with Gasteiger partial charge in [0.2, 0.25) is 0 Å². The zero-order valence-electron chi connectivity index (χ0n) is 13.6. The predicted molar refractivity (Wildman–Crippen MR) is 92.6 cm³/mol. The molecule has 2 aliphatic heterocycles. The Morgan fingerprint density at radius 1 is 1.08 bits per heavy atom. The third-order valence-electron chi connectivity index (χ3n) is 5.04. The first-order valence-corrected chi connectivity index (χ1v) is 8.33. The van der Waals surface area contributed by atoms with Gasteiger partial charge >= 0.3 is 5.97 Å². The van der Waals surface area contributed by atoms with E-state index in [4.69, 9.17) is 9.94 Å². The second-order valence-electron chi connectivity index (χ2n) is 6.65. The van der Waals surface area contributed by atoms with E-state index < -0.39 is 11.6 Å². The highest BCUT2D eigenvalue weighted by Crippen LogP contribution is 2.35. The molecule has 1 amide bonds. The number of nitrogens with zero attached hydrogens (tertiary/aromatic N) is 2. The summed E-state index contributed by atoms with van der Waals surface area (Å²) in [5, 5.41) is 14.9. The molecule has 2 aliphatic rings. The molecular formula is C19H18N2O4. The van der Waals surface area contributed by atoms with Crippen molar-refractivity contribution in [2.24, 2.45) is 5.16 Å². The van der Waals surface area contributed by atoms with Crippen molar-refractivity contribution in [3.8, 4) is 0 Å². The number of hydrogen-bond acceptors (Lipinski definition) is 4. The van der Waals surface area contributed by atoms with E-state index in [9.17, 15) is 9.59 Å². The maximum atomic E-state index is 12.8. The lowest BCUT2D eigenvalue weighted by atomic mass is 9.86. The van der Waals surface area contributed by atoms with Crippen LogP contribution in [0.15, 0.2) is 47.6 Å². The summed E-state index contributed by atoms with van der Waals surface area (Å²) in [7, 11) is 0. The average molecular weight is 338 g/mol. The summed E-state index contributed by atoms with van der Waals surface area (Å²) >= 11 is 0. The highest BCUT2D eigenvalue weighted by molar-refractivity contribution is 6.36. The minimum Gasteiger partial charge on any atom is -0.477 e. The molecule has 128 valence electrons. The minimum atomic E-state index is -1.04. The molecule has 1 saturated heterocycles. The number of hydrogen-bond donors (Lipinski definition) is 1. The van der Waals surface area contributed by atoms with Crippen molar-refractivity contribution >= 4 is 28.4 Å². The van der Waals surface area contributed by atoms with Crippen molar-refractivity contribution in [3.63, 3.8) is 0 Å². The summed E-state index contributed by atoms with van der Waals surface area (Å²) < 4.78 is 0. The maximum absolute atomic E-state index is 12.8. The first kappa shape index (κ1) is 15.6. The van der Waals surface area contributed by atoms with Crippen molar-refractivity contribution in [3.05, 3.63) is 48.0 Å². The molecule has 0 aliphatic carbocycles. The molecule has 4 rings (SSSR count). The van der Waals surface area contributed by atoms with Gasteiger partial charge in [0.25, 0.3) is 5.91 Å². The van der Waals surface area contributed by atoms with Gasteiger partial charge in [0, 0.05) is 37.9 Å². The van der Waals surface area contributed by atoms with Crippen LogP contribution in [0.4, 0.5) is 0 Å². The fourth-order valence-electron chi connectivity index (χ4n) is 3.53. The van der Waals surface area contributed by atoms with Crippen LogP contribution in [0.3, 0.4) is 0 Å². The summed E-state index contributed by atoms with van der Waals surface area (Å²) in [6.07, 6.45) is 1.49. The van der Waals surface area contributed by atoms with Crippen LogP contribution in [0, 0.1) is 0 Å². The van der Waals surface area contributed by atoms with Crippen molar-refractivity contribution in [2.45, 2.75) is 24.9 Å². The van der Waals surface area contributed by atoms with Crippen LogP contribution in [0.2, 0.25) is 0 Å². The van der Waals surface area contributed by atoms with Crippen molar-refractivity contribution in [1.29, 1.82) is 0 Å². The van der Waals surface area contributed by atoms with Crippen LogP contribution in [-0.2, 0) is 9.63 Å². The van der Waals surface area contributed by atoms with E-state index in [2.05, 4.69) is 5.16 Å². The fraction of sp³-hybridized carbons (Fsp3) is 0.316. The Balaban J connectivity index is 1.45. The molecule has 2 aromatic rings. The second kappa shape index (κ2) is 5.88. The van der Waals surface area contributed by atoms with Gasteiger partial charge in [-0.05, 0) is 22.9 Å². The Morgan fingerprint density at radius 2 is 1.80 bits per heavy atom. The van der Waals surface area contributed by atoms with Crippen LogP contribution in [0.5, 0.6) is 0 Å². The number of carboxylic acid groups (broad SMARTS) is 1. The van der Waals surface area contributed by atoms with Gasteiger partial charge in [0.05, 0.1) is 0 Å². The summed E-state index contributed by atoms with van der Waals surface area (Å²) in [4.78, 5) is 31.0. The van der Waals surface area contributed by atoms with E-state index in [1.165, 1.54) is 0 Å². The molecule has 6 heteroatoms. The van der Waals surface area contributed by atoms with Gasteiger partial charge in [0.15, 0.2) is 5.71 Å². The fourth-order valence-corrected chi connectivity index (χ4v) is 3.53. The number of rotatable bonds is 2. The van der Waals surface area contributed by atoms with E-state index in [1.807, 2.05) is 42.5 Å². The molecular weight excluding hydrogens is 320 g/mol. The summed E-state index contributed by atoms with van der Waals surface area (Å²) in [5.74, 6) is -1.04. The molecule has 0 radical (unpaired) electrons. The van der Waals surface area contributed by atoms with Crippen LogP contribution in [-0.4, -0.2) is 46.3 Å². The van der Waals surface area contributed by atoms with Crippen LogP contribution in [0.1, 0.15) is 29.6 Å². The normalized spacial score (nSPS) is 18.9. The zero-order valence-corrected chi connectivity index (χ0v) is 13.6. The number of aliphatic carboxylic acids is 1. The van der Waals surface area contributed by atoms with E-state index in [0.29, 0.717) is 37.9 Å². The lowest BCUT2D eigenvalue weighted by Crippen LogP contribution is -2.47. The number of piperidine rings is 1. The molecule has 1 fully saturated rings. The van der Waals surface area contributed by atoms with Crippen molar-refractivity contribution in [2.75, 3.05) is 13.1 Å². The van der Waals surface area contributed by atoms with Gasteiger partial charge in [-0.3, -0.25) is 4.79 Å². The van der Waals surface area contributed by atoms with Gasteiger partial charge in [0.1, 0.15) is 5.60 Å². The third kappa shape index (κ3) is 2.84. The Morgan fingerprint density at radius 3 is 2.48 bits per heavy atom. The molecule has 6 nitrogen and oxygen atoms in total. The van der Waals surface area contributed by atoms with Crippen LogP contribution >= 0.6 is 0 Å². The summed E-state index contributed by atoms with van der Waals surface area (Å²) in [6, 6.07) is 13.7. The molecule has 0 bridgehead atoms. The Bertz CT molecular complexity index is 882. The SMILES string of the molecule is O=C(O)C1=NOC2(CCN(C(=O)c3ccc4ccccc4c3)CC2)C1. The van der Waals surface area contributed by atoms with Crippen LogP contribution < -0.4 is 0 Å². The quantitative estimate of drug-likeness (QED) is 0.913. The monoisotopic (exact) mass is 338 g/mol. The lowest BCUT2D eigenvalue weighted by molar-refractivity contribution is -0.129. The Hall–Kier alpha value is -2.89. The number of benzene rings is 2. The van der Waals surface area contributed by atoms with E-state index in [1.54, 1.807) is 4.90 Å². The van der Waals surface area contributed by atoms with E-state index >= 15 is 0 Å². The van der Waals surface area contributed by atoms with Crippen LogP contribution in [0.25, 0.3) is 10.8 Å². The lowest BCUT2D eigenvalue weighted by Gasteiger charge is -2.37. The number of oxime groups is 1. The second-order valence-corrected chi connectivity index (χ2v) is 6.65. The smallest absolute Gasteiger partial charge is 0.353 e. The molecule has 2 heterocycles. The number of amides is 1. The topological polar surface area (TPSA) is 79.2 Å². The van der Waals surface area contributed by atoms with Gasteiger partial charge in [-0.15, -0.1) is 0 Å². The standard InChI is InChI=1S/C19H18N2O4/c22-17(15-6-5-13-3-1-2-4-14(13)11-15)21-9-7-19(8-10-21)12-16(18(23)24)20-25-19/h1-6,11H,7-10,12H2,(H,23,24). The minimum absolute atomic E-state index is 0.00187. The zero-order chi connectivity index (χ0) is 17.4. The molecule has 1 N–H and O–H groups in total. The van der Waals surface area contributed by atoms with Gasteiger partial charge < -0.3 is 14.8 Å². The number of carboxylic acids is 1. The molecule has 2 aromatic carbocycles. The van der Waals surface area contributed by atoms with E-state index in [0.717, 1.165) is 10.8 Å². The number of carbonyl (C=O) groups is 2. The summed E-state index contributed by atoms with van der Waals surface area (Å²) in [6.45, 7) is 1.07. The number of likely N-dealkylation sites (tertiary alicyclic amines) is 1. The average Bonchev–Trinajstić information content (AvgIpc) is 3.05. The maximum Gasteiger partial charge on any atom is 0.353 e. The Labute approximate surface area is 144 Å². The first-order valence-electron chi connectivity index (χ1n) is 8.33. The van der Waals surface area contributed by atoms with Crippen molar-refractivity contribution in [1.82, 2.24) is 4.90 Å². The molecule has 0 saturated carbocycles. The predicted octanol–water partition coefficient (Wildman–Crippen LogP) is 2.68. The molecule has 0 atom stereocenters. The van der Waals surface area contributed by atoms with E-state index in [-0.39, 0.29) is 11.6 Å².